The highest BCUT2D eigenvalue weighted by Crippen LogP contribution is 2.42. The highest BCUT2D eigenvalue weighted by atomic mass is 16.4. The summed E-state index contributed by atoms with van der Waals surface area (Å²) in [5, 5.41) is 11.4. The predicted octanol–water partition coefficient (Wildman–Crippen LogP) is 1.66. The molecule has 2 nitrogen and oxygen atoms in total. The summed E-state index contributed by atoms with van der Waals surface area (Å²) in [5.41, 5.74) is 0. The number of hydrogen-bond acceptors (Lipinski definition) is 2. The van der Waals surface area contributed by atoms with E-state index in [4.69, 9.17) is 5.21 Å². The molecular formula is C8H11NO. The Morgan fingerprint density at radius 3 is 2.80 bits per heavy atom. The minimum absolute atomic E-state index is 0.514. The molecule has 0 saturated heterocycles. The van der Waals surface area contributed by atoms with Crippen LogP contribution in [0.1, 0.15) is 12.8 Å². The molecule has 2 bridgehead atoms. The van der Waals surface area contributed by atoms with Crippen LogP contribution in [0.15, 0.2) is 17.3 Å². The van der Waals surface area contributed by atoms with Crippen molar-refractivity contribution in [2.45, 2.75) is 12.8 Å². The van der Waals surface area contributed by atoms with Gasteiger partial charge in [-0.25, -0.2) is 0 Å². The van der Waals surface area contributed by atoms with Crippen LogP contribution in [0, 0.1) is 17.8 Å². The maximum atomic E-state index is 8.30. The second-order valence-corrected chi connectivity index (χ2v) is 3.21. The summed E-state index contributed by atoms with van der Waals surface area (Å²) in [7, 11) is 0. The van der Waals surface area contributed by atoms with Crippen molar-refractivity contribution in [3.05, 3.63) is 12.2 Å². The zero-order valence-corrected chi connectivity index (χ0v) is 5.77. The summed E-state index contributed by atoms with van der Waals surface area (Å²) in [4.78, 5) is 0. The number of oxime groups is 1. The highest BCUT2D eigenvalue weighted by Gasteiger charge is 2.34. The van der Waals surface area contributed by atoms with Gasteiger partial charge in [-0.2, -0.15) is 0 Å². The first kappa shape index (κ1) is 5.96. The monoisotopic (exact) mass is 137 g/mol. The smallest absolute Gasteiger partial charge is 0.0472 e. The molecule has 1 N–H and O–H groups in total. The fourth-order valence-electron chi connectivity index (χ4n) is 2.08. The van der Waals surface area contributed by atoms with Crippen molar-refractivity contribution in [2.24, 2.45) is 22.9 Å². The molecule has 2 heteroatoms. The maximum absolute atomic E-state index is 8.30. The summed E-state index contributed by atoms with van der Waals surface area (Å²) in [5.74, 6) is 1.95. The topological polar surface area (TPSA) is 32.6 Å². The van der Waals surface area contributed by atoms with E-state index in [9.17, 15) is 0 Å². The van der Waals surface area contributed by atoms with E-state index in [2.05, 4.69) is 17.3 Å². The van der Waals surface area contributed by atoms with Crippen LogP contribution in [0.5, 0.6) is 0 Å². The third-order valence-electron chi connectivity index (χ3n) is 2.59. The first-order valence-corrected chi connectivity index (χ1v) is 3.76. The van der Waals surface area contributed by atoms with E-state index < -0.39 is 0 Å². The third-order valence-corrected chi connectivity index (χ3v) is 2.59. The molecule has 3 unspecified atom stereocenters. The summed E-state index contributed by atoms with van der Waals surface area (Å²) in [6, 6.07) is 0. The Labute approximate surface area is 60.2 Å². The van der Waals surface area contributed by atoms with E-state index >= 15 is 0 Å². The van der Waals surface area contributed by atoms with Gasteiger partial charge in [-0.1, -0.05) is 12.2 Å². The lowest BCUT2D eigenvalue weighted by atomic mass is 9.95. The Hall–Kier alpha value is -0.790. The Morgan fingerprint density at radius 1 is 1.40 bits per heavy atom. The van der Waals surface area contributed by atoms with Gasteiger partial charge in [-0.3, -0.25) is 0 Å². The first-order chi connectivity index (χ1) is 4.90. The second-order valence-electron chi connectivity index (χ2n) is 3.21. The zero-order valence-electron chi connectivity index (χ0n) is 5.77. The number of hydrogen-bond donors (Lipinski definition) is 1. The largest absolute Gasteiger partial charge is 0.411 e. The average Bonchev–Trinajstić information content (AvgIpc) is 2.48. The van der Waals surface area contributed by atoms with Crippen LogP contribution in [0.4, 0.5) is 0 Å². The van der Waals surface area contributed by atoms with Gasteiger partial charge in [0.25, 0.3) is 0 Å². The number of rotatable bonds is 1. The molecular weight excluding hydrogens is 126 g/mol. The summed E-state index contributed by atoms with van der Waals surface area (Å²) in [6.07, 6.45) is 8.67. The van der Waals surface area contributed by atoms with Gasteiger partial charge in [0, 0.05) is 12.1 Å². The number of allylic oxidation sites excluding steroid dienone is 2. The van der Waals surface area contributed by atoms with Crippen molar-refractivity contribution >= 4 is 6.21 Å². The van der Waals surface area contributed by atoms with Gasteiger partial charge < -0.3 is 5.21 Å². The van der Waals surface area contributed by atoms with Gasteiger partial charge >= 0.3 is 0 Å². The van der Waals surface area contributed by atoms with Crippen LogP contribution in [0.2, 0.25) is 0 Å². The summed E-state index contributed by atoms with van der Waals surface area (Å²) in [6.45, 7) is 0. The minimum atomic E-state index is 0.514. The van der Waals surface area contributed by atoms with Crippen molar-refractivity contribution in [1.82, 2.24) is 0 Å². The molecule has 1 fully saturated rings. The Morgan fingerprint density at radius 2 is 2.30 bits per heavy atom. The van der Waals surface area contributed by atoms with Gasteiger partial charge in [0.2, 0.25) is 0 Å². The van der Waals surface area contributed by atoms with Crippen LogP contribution < -0.4 is 0 Å². The quantitative estimate of drug-likeness (QED) is 0.253. The molecule has 0 aromatic carbocycles. The van der Waals surface area contributed by atoms with Crippen LogP contribution in [-0.2, 0) is 0 Å². The van der Waals surface area contributed by atoms with Crippen LogP contribution in [0.25, 0.3) is 0 Å². The molecule has 0 heterocycles. The van der Waals surface area contributed by atoms with Crippen LogP contribution in [0.3, 0.4) is 0 Å². The van der Waals surface area contributed by atoms with E-state index in [1.807, 2.05) is 0 Å². The van der Waals surface area contributed by atoms with E-state index in [-0.39, 0.29) is 0 Å². The van der Waals surface area contributed by atoms with Gasteiger partial charge in [-0.05, 0) is 24.7 Å². The van der Waals surface area contributed by atoms with E-state index in [0.717, 1.165) is 5.92 Å². The van der Waals surface area contributed by atoms with Crippen molar-refractivity contribution in [3.63, 3.8) is 0 Å². The molecule has 3 atom stereocenters. The van der Waals surface area contributed by atoms with Gasteiger partial charge in [0.1, 0.15) is 0 Å². The normalized spacial score (nSPS) is 43.8. The van der Waals surface area contributed by atoms with Crippen molar-refractivity contribution < 1.29 is 5.21 Å². The maximum Gasteiger partial charge on any atom is 0.0472 e. The van der Waals surface area contributed by atoms with Crippen molar-refractivity contribution in [2.75, 3.05) is 0 Å². The van der Waals surface area contributed by atoms with Crippen molar-refractivity contribution in [3.8, 4) is 0 Å². The Bertz CT molecular complexity index is 186. The van der Waals surface area contributed by atoms with Gasteiger partial charge in [0.15, 0.2) is 0 Å². The molecule has 54 valence electrons. The van der Waals surface area contributed by atoms with Crippen LogP contribution in [-0.4, -0.2) is 11.4 Å². The fraction of sp³-hybridized carbons (Fsp3) is 0.625. The Kier molecular flexibility index (Phi) is 1.26. The number of nitrogens with zero attached hydrogens (tertiary/aromatic N) is 1. The van der Waals surface area contributed by atoms with Gasteiger partial charge in [0.05, 0.1) is 0 Å². The van der Waals surface area contributed by atoms with Gasteiger partial charge in [-0.15, -0.1) is 5.16 Å². The molecule has 0 aliphatic heterocycles. The zero-order chi connectivity index (χ0) is 6.97. The lowest BCUT2D eigenvalue weighted by Crippen LogP contribution is -2.07. The van der Waals surface area contributed by atoms with Crippen LogP contribution >= 0.6 is 0 Å². The average molecular weight is 137 g/mol. The SMILES string of the molecule is O/N=C/C1CC2C=CC1C2. The second kappa shape index (κ2) is 2.11. The lowest BCUT2D eigenvalue weighted by Gasteiger charge is -2.10. The molecule has 0 radical (unpaired) electrons. The molecule has 2 rings (SSSR count). The molecule has 10 heavy (non-hydrogen) atoms. The fourth-order valence-corrected chi connectivity index (χ4v) is 2.08. The molecule has 0 aromatic heterocycles. The highest BCUT2D eigenvalue weighted by molar-refractivity contribution is 5.62. The molecule has 0 spiro atoms. The molecule has 1 saturated carbocycles. The summed E-state index contributed by atoms with van der Waals surface area (Å²) < 4.78 is 0. The molecule has 0 aromatic rings. The lowest BCUT2D eigenvalue weighted by molar-refractivity contribution is 0.316. The van der Waals surface area contributed by atoms with E-state index in [1.54, 1.807) is 6.21 Å². The number of fused-ring (bicyclic) bond motifs is 2. The van der Waals surface area contributed by atoms with Crippen molar-refractivity contribution in [1.29, 1.82) is 0 Å². The molecule has 0 amide bonds. The molecule has 2 aliphatic rings. The van der Waals surface area contributed by atoms with E-state index in [1.165, 1.54) is 12.8 Å². The van der Waals surface area contributed by atoms with E-state index in [0.29, 0.717) is 11.8 Å². The predicted molar refractivity (Wildman–Crippen MR) is 39.1 cm³/mol. The third kappa shape index (κ3) is 0.753. The minimum Gasteiger partial charge on any atom is -0.411 e. The standard InChI is InChI=1S/C8H11NO/c10-9-5-8-4-6-1-2-7(8)3-6/h1-2,5-8,10H,3-4H2/b9-5+. The molecule has 2 aliphatic carbocycles. The summed E-state index contributed by atoms with van der Waals surface area (Å²) >= 11 is 0. The Balaban J connectivity index is 2.09. The first-order valence-electron chi connectivity index (χ1n) is 3.76.